The monoisotopic (exact) mass is 347 g/mol. The summed E-state index contributed by atoms with van der Waals surface area (Å²) in [5.41, 5.74) is 0.804. The molecule has 1 aromatic carbocycles. The first-order valence-corrected chi connectivity index (χ1v) is 8.79. The van der Waals surface area contributed by atoms with Gasteiger partial charge in [-0.25, -0.2) is 9.18 Å². The lowest BCUT2D eigenvalue weighted by atomic mass is 10.2. The average Bonchev–Trinajstić information content (AvgIpc) is 3.42. The maximum absolute atomic E-state index is 13.0. The quantitative estimate of drug-likeness (QED) is 0.757. The summed E-state index contributed by atoms with van der Waals surface area (Å²) in [5, 5.41) is 0. The molecule has 134 valence electrons. The van der Waals surface area contributed by atoms with E-state index in [1.807, 2.05) is 0 Å². The van der Waals surface area contributed by atoms with Crippen molar-refractivity contribution in [1.29, 1.82) is 0 Å². The highest BCUT2D eigenvalue weighted by Crippen LogP contribution is 2.28. The highest BCUT2D eigenvalue weighted by molar-refractivity contribution is 6.02. The van der Waals surface area contributed by atoms with Gasteiger partial charge in [-0.05, 0) is 30.5 Å². The molecule has 3 amide bonds. The second-order valence-corrected chi connectivity index (χ2v) is 6.99. The fourth-order valence-electron chi connectivity index (χ4n) is 3.53. The third-order valence-electron chi connectivity index (χ3n) is 5.03. The van der Waals surface area contributed by atoms with Crippen LogP contribution in [0.1, 0.15) is 18.4 Å². The molecule has 6 nitrogen and oxygen atoms in total. The number of hydrogen-bond donors (Lipinski definition) is 0. The van der Waals surface area contributed by atoms with E-state index in [1.165, 1.54) is 34.8 Å². The van der Waals surface area contributed by atoms with Gasteiger partial charge in [0.2, 0.25) is 5.91 Å². The molecule has 25 heavy (non-hydrogen) atoms. The van der Waals surface area contributed by atoms with Gasteiger partial charge in [-0.2, -0.15) is 0 Å². The number of carbonyl (C=O) groups is 2. The van der Waals surface area contributed by atoms with Crippen LogP contribution in [-0.4, -0.2) is 71.6 Å². The molecule has 3 aliphatic rings. The van der Waals surface area contributed by atoms with E-state index in [0.29, 0.717) is 25.7 Å². The summed E-state index contributed by atoms with van der Waals surface area (Å²) in [6.45, 7) is 3.03. The molecule has 4 rings (SSSR count). The molecule has 0 aromatic heterocycles. The lowest BCUT2D eigenvalue weighted by molar-refractivity contribution is -0.127. The molecule has 1 saturated carbocycles. The minimum Gasteiger partial charge on any atom is -0.374 e. The zero-order chi connectivity index (χ0) is 17.4. The molecule has 2 aliphatic heterocycles. The summed E-state index contributed by atoms with van der Waals surface area (Å²) in [6.07, 6.45) is 2.35. The third kappa shape index (κ3) is 3.67. The molecular formula is C18H22FN3O3. The number of halogens is 1. The molecule has 0 radical (unpaired) electrons. The first-order valence-electron chi connectivity index (χ1n) is 8.79. The van der Waals surface area contributed by atoms with Crippen molar-refractivity contribution in [2.75, 3.05) is 32.8 Å². The molecule has 2 saturated heterocycles. The van der Waals surface area contributed by atoms with Crippen LogP contribution >= 0.6 is 0 Å². The fraction of sp³-hybridized carbons (Fsp3) is 0.556. The summed E-state index contributed by atoms with van der Waals surface area (Å²) in [7, 11) is 0. The van der Waals surface area contributed by atoms with Gasteiger partial charge < -0.3 is 9.64 Å². The number of nitrogens with zero attached hydrogens (tertiary/aromatic N) is 3. The molecule has 0 N–H and O–H groups in total. The predicted octanol–water partition coefficient (Wildman–Crippen LogP) is 1.45. The number of morpholine rings is 1. The maximum Gasteiger partial charge on any atom is 0.327 e. The first kappa shape index (κ1) is 16.5. The standard InChI is InChI=1S/C18H22FN3O3/c19-14-3-1-13(2-4-14)9-21-12-17(23)22(18(21)24)11-16-10-20(7-8-25-16)15-5-6-15/h1-4,15-16H,5-12H2. The lowest BCUT2D eigenvalue weighted by Gasteiger charge is -2.34. The van der Waals surface area contributed by atoms with Gasteiger partial charge in [0.25, 0.3) is 0 Å². The molecule has 7 heteroatoms. The third-order valence-corrected chi connectivity index (χ3v) is 5.03. The van der Waals surface area contributed by atoms with E-state index in [-0.39, 0.29) is 30.4 Å². The SMILES string of the molecule is O=C1CN(Cc2ccc(F)cc2)C(=O)N1CC1CN(C2CC2)CCO1. The Kier molecular flexibility index (Phi) is 4.43. The van der Waals surface area contributed by atoms with E-state index in [2.05, 4.69) is 4.90 Å². The Morgan fingerprint density at radius 1 is 1.16 bits per heavy atom. The van der Waals surface area contributed by atoms with Crippen molar-refractivity contribution in [1.82, 2.24) is 14.7 Å². The van der Waals surface area contributed by atoms with Crippen molar-refractivity contribution in [3.63, 3.8) is 0 Å². The van der Waals surface area contributed by atoms with E-state index in [0.717, 1.165) is 18.7 Å². The van der Waals surface area contributed by atoms with Crippen molar-refractivity contribution in [2.45, 2.75) is 31.5 Å². The van der Waals surface area contributed by atoms with Crippen LogP contribution in [0, 0.1) is 5.82 Å². The van der Waals surface area contributed by atoms with Crippen molar-refractivity contribution in [2.24, 2.45) is 0 Å². The molecule has 1 aliphatic carbocycles. The molecule has 1 atom stereocenters. The Hall–Kier alpha value is -1.99. The Morgan fingerprint density at radius 2 is 1.92 bits per heavy atom. The summed E-state index contributed by atoms with van der Waals surface area (Å²) < 4.78 is 18.8. The summed E-state index contributed by atoms with van der Waals surface area (Å²) >= 11 is 0. The predicted molar refractivity (Wildman–Crippen MR) is 88.3 cm³/mol. The zero-order valence-corrected chi connectivity index (χ0v) is 14.1. The van der Waals surface area contributed by atoms with Gasteiger partial charge in [-0.1, -0.05) is 12.1 Å². The van der Waals surface area contributed by atoms with Crippen LogP contribution in [0.5, 0.6) is 0 Å². The summed E-state index contributed by atoms with van der Waals surface area (Å²) in [6, 6.07) is 6.35. The molecule has 0 spiro atoms. The molecule has 1 aromatic rings. The van der Waals surface area contributed by atoms with Crippen molar-refractivity contribution in [3.8, 4) is 0 Å². The highest BCUT2D eigenvalue weighted by atomic mass is 19.1. The van der Waals surface area contributed by atoms with Crippen molar-refractivity contribution >= 4 is 11.9 Å². The second-order valence-electron chi connectivity index (χ2n) is 6.99. The largest absolute Gasteiger partial charge is 0.374 e. The van der Waals surface area contributed by atoms with Crippen LogP contribution in [0.4, 0.5) is 9.18 Å². The van der Waals surface area contributed by atoms with Crippen molar-refractivity contribution in [3.05, 3.63) is 35.6 Å². The summed E-state index contributed by atoms with van der Waals surface area (Å²) in [4.78, 5) is 30.0. The summed E-state index contributed by atoms with van der Waals surface area (Å²) in [5.74, 6) is -0.511. The molecule has 1 unspecified atom stereocenters. The number of imide groups is 1. The lowest BCUT2D eigenvalue weighted by Crippen LogP contribution is -2.49. The number of hydrogen-bond acceptors (Lipinski definition) is 4. The number of urea groups is 1. The van der Waals surface area contributed by atoms with Gasteiger partial charge in [-0.15, -0.1) is 0 Å². The Balaban J connectivity index is 1.36. The molecular weight excluding hydrogens is 325 g/mol. The molecule has 2 heterocycles. The van der Waals surface area contributed by atoms with Crippen LogP contribution < -0.4 is 0 Å². The highest BCUT2D eigenvalue weighted by Gasteiger charge is 2.39. The van der Waals surface area contributed by atoms with Crippen LogP contribution in [0.25, 0.3) is 0 Å². The van der Waals surface area contributed by atoms with Gasteiger partial charge >= 0.3 is 6.03 Å². The van der Waals surface area contributed by atoms with Gasteiger partial charge in [0.15, 0.2) is 0 Å². The topological polar surface area (TPSA) is 53.1 Å². The van der Waals surface area contributed by atoms with Crippen LogP contribution in [0.3, 0.4) is 0 Å². The van der Waals surface area contributed by atoms with E-state index >= 15 is 0 Å². The first-order chi connectivity index (χ1) is 12.1. The maximum atomic E-state index is 13.0. The van der Waals surface area contributed by atoms with Crippen LogP contribution in [0.2, 0.25) is 0 Å². The van der Waals surface area contributed by atoms with Gasteiger partial charge in [-0.3, -0.25) is 14.6 Å². The van der Waals surface area contributed by atoms with Crippen LogP contribution in [0.15, 0.2) is 24.3 Å². The van der Waals surface area contributed by atoms with Crippen LogP contribution in [-0.2, 0) is 16.1 Å². The number of amides is 3. The smallest absolute Gasteiger partial charge is 0.327 e. The van der Waals surface area contributed by atoms with E-state index in [4.69, 9.17) is 4.74 Å². The second kappa shape index (κ2) is 6.72. The van der Waals surface area contributed by atoms with E-state index < -0.39 is 0 Å². The average molecular weight is 347 g/mol. The number of ether oxygens (including phenoxy) is 1. The number of benzene rings is 1. The minimum atomic E-state index is -0.316. The number of carbonyl (C=O) groups excluding carboxylic acids is 2. The van der Waals surface area contributed by atoms with Gasteiger partial charge in [0.05, 0.1) is 19.3 Å². The fourth-order valence-corrected chi connectivity index (χ4v) is 3.53. The molecule has 0 bridgehead atoms. The Morgan fingerprint density at radius 3 is 2.64 bits per heavy atom. The van der Waals surface area contributed by atoms with E-state index in [9.17, 15) is 14.0 Å². The van der Waals surface area contributed by atoms with E-state index in [1.54, 1.807) is 12.1 Å². The zero-order valence-electron chi connectivity index (χ0n) is 14.1. The van der Waals surface area contributed by atoms with Gasteiger partial charge in [0.1, 0.15) is 12.4 Å². The molecule has 3 fully saturated rings. The van der Waals surface area contributed by atoms with Gasteiger partial charge in [0, 0.05) is 25.7 Å². The Labute approximate surface area is 146 Å². The minimum absolute atomic E-state index is 0.0648. The van der Waals surface area contributed by atoms with Crippen molar-refractivity contribution < 1.29 is 18.7 Å². The Bertz CT molecular complexity index is 662. The number of rotatable bonds is 5. The normalized spacial score (nSPS) is 25.1.